The summed E-state index contributed by atoms with van der Waals surface area (Å²) in [5.74, 6) is -2.26. The van der Waals surface area contributed by atoms with E-state index in [9.17, 15) is 14.4 Å². The van der Waals surface area contributed by atoms with Crippen LogP contribution < -0.4 is 25.7 Å². The molecule has 5 heterocycles. The average Bonchev–Trinajstić information content (AvgIpc) is 3.79. The summed E-state index contributed by atoms with van der Waals surface area (Å²) in [5, 5.41) is 6.30. The van der Waals surface area contributed by atoms with Crippen LogP contribution in [0.5, 0.6) is 0 Å². The number of aldehydes is 1. The Morgan fingerprint density at radius 2 is 1.72 bits per heavy atom. The van der Waals surface area contributed by atoms with Crippen LogP contribution in [0.15, 0.2) is 18.0 Å². The molecule has 2 aliphatic heterocycles. The summed E-state index contributed by atoms with van der Waals surface area (Å²) in [6.07, 6.45) is 10.3. The number of aromatic nitrogens is 3. The first kappa shape index (κ1) is 34.5. The Balaban J connectivity index is 0.00000433. The Bertz CT molecular complexity index is 1970. The molecule has 0 amide bonds. The Labute approximate surface area is 290 Å². The standard InChI is InChI=1S/C37H39N4O5.Mg/c1-8-21-18(4)25-14-26-19(5)23(12-11-13-46-10-3)34(40-26)32-33(37(44)45-7)36(43)31-20(6)27(41-35(31)32)15-29-22(9-2)24(17-42)30(39-29)16-28(21)38-25;/h8,14-17,19,23,33H,1,9-13H2,2-7H3,(H-,40,41,42,43);/q-3;+2/p-1/b26-14-,30-16-;/t19-,23-,33+;/m0./s1. The van der Waals surface area contributed by atoms with E-state index < -0.39 is 11.9 Å². The summed E-state index contributed by atoms with van der Waals surface area (Å²) in [7, 11) is 1.30. The summed E-state index contributed by atoms with van der Waals surface area (Å²) >= 11 is 0. The fourth-order valence-electron chi connectivity index (χ4n) is 7.15. The molecule has 9 nitrogen and oxygen atoms in total. The van der Waals surface area contributed by atoms with Gasteiger partial charge in [0.1, 0.15) is 12.2 Å². The quantitative estimate of drug-likeness (QED) is 0.113. The van der Waals surface area contributed by atoms with E-state index in [2.05, 4.69) is 13.5 Å². The molecule has 8 bridgehead atoms. The molecule has 10 heteroatoms. The maximum Gasteiger partial charge on any atom is 2.00 e. The topological polar surface area (TPSA) is 126 Å². The molecule has 6 rings (SSSR count). The van der Waals surface area contributed by atoms with Crippen molar-refractivity contribution in [2.75, 3.05) is 20.3 Å². The van der Waals surface area contributed by atoms with E-state index in [1.165, 1.54) is 7.11 Å². The van der Waals surface area contributed by atoms with E-state index >= 15 is 0 Å². The van der Waals surface area contributed by atoms with Gasteiger partial charge in [0.15, 0.2) is 5.78 Å². The van der Waals surface area contributed by atoms with Gasteiger partial charge in [-0.1, -0.05) is 67.0 Å². The Hall–Kier alpha value is -3.86. The fraction of sp³-hybridized carbons (Fsp3) is 0.378. The van der Waals surface area contributed by atoms with Crippen LogP contribution in [0.4, 0.5) is 0 Å². The van der Waals surface area contributed by atoms with Gasteiger partial charge < -0.3 is 29.7 Å². The van der Waals surface area contributed by atoms with Gasteiger partial charge >= 0.3 is 29.0 Å². The number of carbonyl (C=O) groups is 3. The monoisotopic (exact) mass is 642 g/mol. The molecule has 0 N–H and O–H groups in total. The minimum atomic E-state index is -1.15. The number of rotatable bonds is 9. The van der Waals surface area contributed by atoms with E-state index in [0.717, 1.165) is 47.2 Å². The number of nitrogens with zero attached hydrogens (tertiary/aromatic N) is 4. The number of carbonyl (C=O) groups excluding carboxylic acids is 3. The van der Waals surface area contributed by atoms with Crippen molar-refractivity contribution in [1.29, 1.82) is 0 Å². The van der Waals surface area contributed by atoms with Crippen molar-refractivity contribution in [3.05, 3.63) is 90.1 Å². The molecule has 0 spiro atoms. The first-order chi connectivity index (χ1) is 22.2. The molecular formula is C37H38MgN4O5-2. The van der Waals surface area contributed by atoms with Crippen molar-refractivity contribution in [3.63, 3.8) is 0 Å². The number of methoxy groups -OCH3 is 1. The van der Waals surface area contributed by atoms with Crippen LogP contribution in [0.1, 0.15) is 99.4 Å². The van der Waals surface area contributed by atoms with E-state index in [4.69, 9.17) is 29.7 Å². The zero-order valence-electron chi connectivity index (χ0n) is 27.9. The number of hydrogen-bond donors (Lipinski definition) is 0. The van der Waals surface area contributed by atoms with Gasteiger partial charge in [-0.3, -0.25) is 14.4 Å². The van der Waals surface area contributed by atoms with Gasteiger partial charge in [-0.05, 0) is 57.4 Å². The number of fused-ring (bicyclic) bond motifs is 7. The van der Waals surface area contributed by atoms with Crippen LogP contribution in [-0.4, -0.2) is 61.4 Å². The second kappa shape index (κ2) is 13.7. The third-order valence-electron chi connectivity index (χ3n) is 9.64. The Morgan fingerprint density at radius 3 is 2.38 bits per heavy atom. The fourth-order valence-corrected chi connectivity index (χ4v) is 7.15. The van der Waals surface area contributed by atoms with Crippen molar-refractivity contribution in [3.8, 4) is 0 Å². The summed E-state index contributed by atoms with van der Waals surface area (Å²) in [4.78, 5) is 54.6. The molecule has 3 aromatic rings. The van der Waals surface area contributed by atoms with Crippen LogP contribution >= 0.6 is 0 Å². The van der Waals surface area contributed by atoms with E-state index in [-0.39, 0.29) is 40.7 Å². The van der Waals surface area contributed by atoms with Crippen LogP contribution in [0.3, 0.4) is 0 Å². The number of allylic oxidation sites excluding steroid dienone is 2. The van der Waals surface area contributed by atoms with Gasteiger partial charge in [0.05, 0.1) is 7.11 Å². The summed E-state index contributed by atoms with van der Waals surface area (Å²) in [5.41, 5.74) is 8.53. The first-order valence-corrected chi connectivity index (χ1v) is 15.9. The minimum Gasteiger partial charge on any atom is -0.664 e. The van der Waals surface area contributed by atoms with Gasteiger partial charge in [-0.2, -0.15) is 11.4 Å². The molecule has 47 heavy (non-hydrogen) atoms. The predicted molar refractivity (Wildman–Crippen MR) is 182 cm³/mol. The SMILES string of the molecule is C=Cc1c2[n-]c(c1C)/C=C1\[N-]/C(=C3\c4[n-]c(c(C)c4C(=O)[C@@H]3C(=O)OC)/C=c3\[n-]/c(c(C=O)c3CC)=C\2)[C@@H](CCCOCC)[C@@H]1C.[Mg+2]. The second-order valence-electron chi connectivity index (χ2n) is 12.0. The maximum absolute atomic E-state index is 14.1. The molecule has 3 aromatic heterocycles. The molecule has 1 fully saturated rings. The van der Waals surface area contributed by atoms with Gasteiger partial charge in [-0.15, -0.1) is 33.5 Å². The zero-order valence-corrected chi connectivity index (χ0v) is 29.3. The molecule has 0 saturated carbocycles. The largest absolute Gasteiger partial charge is 2.00 e. The van der Waals surface area contributed by atoms with Crippen LogP contribution in [0, 0.1) is 31.6 Å². The molecule has 240 valence electrons. The normalized spacial score (nSPS) is 23.5. The number of ether oxygens (including phenoxy) is 2. The van der Waals surface area contributed by atoms with E-state index in [0.29, 0.717) is 75.4 Å². The Morgan fingerprint density at radius 1 is 1.00 bits per heavy atom. The van der Waals surface area contributed by atoms with Crippen molar-refractivity contribution < 1.29 is 23.9 Å². The molecule has 1 aliphatic carbocycles. The first-order valence-electron chi connectivity index (χ1n) is 15.9. The van der Waals surface area contributed by atoms with Crippen molar-refractivity contribution in [1.82, 2.24) is 15.0 Å². The molecule has 0 radical (unpaired) electrons. The zero-order chi connectivity index (χ0) is 32.9. The van der Waals surface area contributed by atoms with Crippen molar-refractivity contribution in [2.24, 2.45) is 17.8 Å². The minimum absolute atomic E-state index is 0. The number of esters is 1. The summed E-state index contributed by atoms with van der Waals surface area (Å²) in [6.45, 7) is 15.2. The van der Waals surface area contributed by atoms with Crippen molar-refractivity contribution in [2.45, 2.75) is 53.9 Å². The summed E-state index contributed by atoms with van der Waals surface area (Å²) in [6, 6.07) is 0. The van der Waals surface area contributed by atoms with Gasteiger partial charge in [0.25, 0.3) is 0 Å². The molecular weight excluding hydrogens is 605 g/mol. The van der Waals surface area contributed by atoms with E-state index in [1.807, 2.05) is 45.9 Å². The molecule has 0 unspecified atom stereocenters. The number of hydrogen-bond acceptors (Lipinski definition) is 5. The molecule has 3 aliphatic rings. The van der Waals surface area contributed by atoms with Crippen molar-refractivity contribution >= 4 is 71.0 Å². The van der Waals surface area contributed by atoms with Crippen LogP contribution in [0.2, 0.25) is 0 Å². The van der Waals surface area contributed by atoms with E-state index in [1.54, 1.807) is 6.08 Å². The predicted octanol–water partition coefficient (Wildman–Crippen LogP) is 3.98. The number of Topliss-reactive ketones (excluding diaryl/α,β-unsaturated/α-hetero) is 1. The molecule has 1 saturated heterocycles. The van der Waals surface area contributed by atoms with Crippen LogP contribution in [0.25, 0.3) is 35.2 Å². The second-order valence-corrected chi connectivity index (χ2v) is 12.0. The van der Waals surface area contributed by atoms with Gasteiger partial charge in [0, 0.05) is 24.3 Å². The molecule has 0 aromatic carbocycles. The third kappa shape index (κ3) is 5.60. The Kier molecular flexibility index (Phi) is 10.0. The number of ketones is 1. The summed E-state index contributed by atoms with van der Waals surface area (Å²) < 4.78 is 10.8. The van der Waals surface area contributed by atoms with Gasteiger partial charge in [-0.25, -0.2) is 0 Å². The maximum atomic E-state index is 14.1. The average molecular weight is 643 g/mol. The van der Waals surface area contributed by atoms with Gasteiger partial charge in [0.2, 0.25) is 0 Å². The third-order valence-corrected chi connectivity index (χ3v) is 9.64. The smallest absolute Gasteiger partial charge is 0.664 e. The van der Waals surface area contributed by atoms with Crippen LogP contribution in [-0.2, 0) is 20.7 Å². The molecule has 3 atom stereocenters.